The van der Waals surface area contributed by atoms with E-state index in [1.807, 2.05) is 0 Å². The Morgan fingerprint density at radius 3 is 2.30 bits per heavy atom. The van der Waals surface area contributed by atoms with Gasteiger partial charge in [-0.1, -0.05) is 27.5 Å². The maximum Gasteiger partial charge on any atom is 0.193 e. The van der Waals surface area contributed by atoms with Crippen LogP contribution in [0.25, 0.3) is 0 Å². The summed E-state index contributed by atoms with van der Waals surface area (Å²) in [4.78, 5) is 12.4. The third-order valence-electron chi connectivity index (χ3n) is 2.77. The molecular weight excluding hydrogens is 344 g/mol. The Morgan fingerprint density at radius 2 is 1.70 bits per heavy atom. The van der Waals surface area contributed by atoms with Crippen LogP contribution < -0.4 is 9.47 Å². The zero-order valence-corrected chi connectivity index (χ0v) is 13.3. The fourth-order valence-corrected chi connectivity index (χ4v) is 2.69. The molecule has 0 spiro atoms. The highest BCUT2D eigenvalue weighted by atomic mass is 79.9. The number of ketones is 1. The van der Waals surface area contributed by atoms with E-state index in [0.717, 1.165) is 4.47 Å². The normalized spacial score (nSPS) is 10.2. The van der Waals surface area contributed by atoms with Gasteiger partial charge >= 0.3 is 0 Å². The number of hydrogen-bond acceptors (Lipinski definition) is 3. The Morgan fingerprint density at radius 1 is 1.00 bits per heavy atom. The fraction of sp³-hybridized carbons (Fsp3) is 0.133. The molecule has 5 heteroatoms. The minimum absolute atomic E-state index is 0.130. The Bertz CT molecular complexity index is 635. The van der Waals surface area contributed by atoms with Crippen molar-refractivity contribution in [3.8, 4) is 11.5 Å². The van der Waals surface area contributed by atoms with Crippen molar-refractivity contribution in [3.63, 3.8) is 0 Å². The monoisotopic (exact) mass is 354 g/mol. The average molecular weight is 356 g/mol. The van der Waals surface area contributed by atoms with Gasteiger partial charge in [-0.3, -0.25) is 4.79 Å². The van der Waals surface area contributed by atoms with Crippen LogP contribution in [0, 0.1) is 0 Å². The topological polar surface area (TPSA) is 35.5 Å². The van der Waals surface area contributed by atoms with E-state index in [1.165, 1.54) is 7.11 Å². The highest BCUT2D eigenvalue weighted by molar-refractivity contribution is 9.10. The summed E-state index contributed by atoms with van der Waals surface area (Å²) < 4.78 is 11.1. The molecule has 2 aromatic carbocycles. The first-order valence-electron chi connectivity index (χ1n) is 5.78. The van der Waals surface area contributed by atoms with Gasteiger partial charge in [0, 0.05) is 20.6 Å². The minimum atomic E-state index is -0.130. The van der Waals surface area contributed by atoms with Crippen molar-refractivity contribution in [2.75, 3.05) is 14.2 Å². The Hall–Kier alpha value is -1.52. The van der Waals surface area contributed by atoms with Crippen molar-refractivity contribution in [1.29, 1.82) is 0 Å². The third kappa shape index (κ3) is 3.14. The molecule has 0 unspecified atom stereocenters. The summed E-state index contributed by atoms with van der Waals surface area (Å²) in [6.45, 7) is 0. The predicted octanol–water partition coefficient (Wildman–Crippen LogP) is 4.35. The van der Waals surface area contributed by atoms with E-state index in [0.29, 0.717) is 27.6 Å². The van der Waals surface area contributed by atoms with Crippen LogP contribution >= 0.6 is 27.5 Å². The van der Waals surface area contributed by atoms with Crippen LogP contribution in [0.4, 0.5) is 0 Å². The number of hydrogen-bond donors (Lipinski definition) is 0. The first-order valence-corrected chi connectivity index (χ1v) is 6.95. The molecule has 0 aliphatic carbocycles. The van der Waals surface area contributed by atoms with Crippen LogP contribution in [-0.4, -0.2) is 20.0 Å². The van der Waals surface area contributed by atoms with Gasteiger partial charge in [-0.15, -0.1) is 0 Å². The third-order valence-corrected chi connectivity index (χ3v) is 3.45. The molecule has 0 amide bonds. The minimum Gasteiger partial charge on any atom is -0.493 e. The van der Waals surface area contributed by atoms with E-state index in [9.17, 15) is 4.79 Å². The van der Waals surface area contributed by atoms with Crippen LogP contribution in [0.5, 0.6) is 11.5 Å². The summed E-state index contributed by atoms with van der Waals surface area (Å²) in [6.07, 6.45) is 0. The van der Waals surface area contributed by atoms with Crippen LogP contribution in [0.2, 0.25) is 5.02 Å². The molecule has 0 aliphatic rings. The van der Waals surface area contributed by atoms with Crippen LogP contribution in [-0.2, 0) is 0 Å². The molecule has 0 saturated carbocycles. The molecule has 0 aliphatic heterocycles. The van der Waals surface area contributed by atoms with Crippen LogP contribution in [0.15, 0.2) is 40.9 Å². The first kappa shape index (κ1) is 14.9. The molecule has 2 aromatic rings. The summed E-state index contributed by atoms with van der Waals surface area (Å²) in [6, 6.07) is 10.1. The Labute approximate surface area is 130 Å². The van der Waals surface area contributed by atoms with E-state index in [2.05, 4.69) is 15.9 Å². The van der Waals surface area contributed by atoms with Crippen molar-refractivity contribution in [2.45, 2.75) is 0 Å². The van der Waals surface area contributed by atoms with Crippen LogP contribution in [0.3, 0.4) is 0 Å². The second kappa shape index (κ2) is 6.29. The van der Waals surface area contributed by atoms with E-state index in [1.54, 1.807) is 43.5 Å². The van der Waals surface area contributed by atoms with E-state index < -0.39 is 0 Å². The van der Waals surface area contributed by atoms with E-state index in [4.69, 9.17) is 21.1 Å². The van der Waals surface area contributed by atoms with Crippen molar-refractivity contribution in [3.05, 3.63) is 57.0 Å². The lowest BCUT2D eigenvalue weighted by Gasteiger charge is -2.09. The number of carbonyl (C=O) groups excluding carboxylic acids is 1. The summed E-state index contributed by atoms with van der Waals surface area (Å²) >= 11 is 9.28. The molecule has 0 aromatic heterocycles. The highest BCUT2D eigenvalue weighted by Crippen LogP contribution is 2.29. The molecule has 2 rings (SSSR count). The first-order chi connectivity index (χ1) is 9.55. The predicted molar refractivity (Wildman–Crippen MR) is 82.1 cm³/mol. The van der Waals surface area contributed by atoms with Gasteiger partial charge in [-0.25, -0.2) is 0 Å². The molecule has 3 nitrogen and oxygen atoms in total. The highest BCUT2D eigenvalue weighted by Gasteiger charge is 2.13. The quantitative estimate of drug-likeness (QED) is 0.765. The lowest BCUT2D eigenvalue weighted by molar-refractivity contribution is 0.103. The average Bonchev–Trinajstić information content (AvgIpc) is 2.44. The molecule has 0 radical (unpaired) electrons. The number of benzene rings is 2. The number of halogens is 2. The van der Waals surface area contributed by atoms with Crippen LogP contribution in [0.1, 0.15) is 15.9 Å². The van der Waals surface area contributed by atoms with Gasteiger partial charge in [0.2, 0.25) is 0 Å². The van der Waals surface area contributed by atoms with Gasteiger partial charge in [-0.2, -0.15) is 0 Å². The number of carbonyl (C=O) groups is 1. The van der Waals surface area contributed by atoms with Gasteiger partial charge in [0.1, 0.15) is 0 Å². The zero-order valence-electron chi connectivity index (χ0n) is 10.9. The SMILES string of the molecule is COc1ccc(C(=O)c2cc(Cl)cc(Br)c2)cc1OC. The molecule has 104 valence electrons. The van der Waals surface area contributed by atoms with Gasteiger partial charge in [0.05, 0.1) is 14.2 Å². The van der Waals surface area contributed by atoms with Crippen molar-refractivity contribution >= 4 is 33.3 Å². The van der Waals surface area contributed by atoms with Crippen molar-refractivity contribution in [2.24, 2.45) is 0 Å². The number of ether oxygens (including phenoxy) is 2. The Kier molecular flexibility index (Phi) is 4.68. The number of methoxy groups -OCH3 is 2. The second-order valence-corrected chi connectivity index (χ2v) is 5.41. The summed E-state index contributed by atoms with van der Waals surface area (Å²) in [7, 11) is 3.08. The summed E-state index contributed by atoms with van der Waals surface area (Å²) in [5.74, 6) is 0.963. The Balaban J connectivity index is 2.42. The second-order valence-electron chi connectivity index (χ2n) is 4.06. The molecule has 20 heavy (non-hydrogen) atoms. The molecule has 0 N–H and O–H groups in total. The summed E-state index contributed by atoms with van der Waals surface area (Å²) in [5, 5.41) is 0.503. The molecule has 0 heterocycles. The molecule has 0 fully saturated rings. The maximum atomic E-state index is 12.4. The lowest BCUT2D eigenvalue weighted by atomic mass is 10.0. The fourth-order valence-electron chi connectivity index (χ4n) is 1.83. The molecular formula is C15H12BrClO3. The summed E-state index contributed by atoms with van der Waals surface area (Å²) in [5.41, 5.74) is 1.02. The van der Waals surface area contributed by atoms with Crippen molar-refractivity contribution in [1.82, 2.24) is 0 Å². The number of rotatable bonds is 4. The molecule has 0 bridgehead atoms. The van der Waals surface area contributed by atoms with E-state index >= 15 is 0 Å². The standard InChI is InChI=1S/C15H12BrClO3/c1-19-13-4-3-9(7-14(13)20-2)15(18)10-5-11(16)8-12(17)6-10/h3-8H,1-2H3. The zero-order chi connectivity index (χ0) is 14.7. The lowest BCUT2D eigenvalue weighted by Crippen LogP contribution is -2.02. The molecule has 0 saturated heterocycles. The smallest absolute Gasteiger partial charge is 0.193 e. The van der Waals surface area contributed by atoms with Gasteiger partial charge in [0.15, 0.2) is 17.3 Å². The van der Waals surface area contributed by atoms with Crippen molar-refractivity contribution < 1.29 is 14.3 Å². The van der Waals surface area contributed by atoms with E-state index in [-0.39, 0.29) is 5.78 Å². The molecule has 0 atom stereocenters. The van der Waals surface area contributed by atoms with Gasteiger partial charge in [-0.05, 0) is 36.4 Å². The largest absolute Gasteiger partial charge is 0.493 e. The van der Waals surface area contributed by atoms with Gasteiger partial charge < -0.3 is 9.47 Å². The van der Waals surface area contributed by atoms with Gasteiger partial charge in [0.25, 0.3) is 0 Å². The maximum absolute atomic E-state index is 12.4.